The molecule has 0 saturated heterocycles. The van der Waals surface area contributed by atoms with Gasteiger partial charge in [0.1, 0.15) is 11.8 Å². The van der Waals surface area contributed by atoms with Gasteiger partial charge in [-0.15, -0.1) is 0 Å². The molecule has 0 saturated carbocycles. The zero-order chi connectivity index (χ0) is 27.7. The van der Waals surface area contributed by atoms with Crippen LogP contribution in [0, 0.1) is 0 Å². The number of nitrogens with two attached hydrogens (primary N) is 1. The summed E-state index contributed by atoms with van der Waals surface area (Å²) in [4.78, 5) is 25.3. The van der Waals surface area contributed by atoms with Crippen molar-refractivity contribution in [3.8, 4) is 5.75 Å². The smallest absolute Gasteiger partial charge is 0.242 e. The van der Waals surface area contributed by atoms with E-state index in [0.29, 0.717) is 19.4 Å². The number of phenolic OH excluding ortho intramolecular Hbond substituents is 1. The Balaban J connectivity index is 2.18. The summed E-state index contributed by atoms with van der Waals surface area (Å²) >= 11 is 0. The Morgan fingerprint density at radius 3 is 1.92 bits per heavy atom. The van der Waals surface area contributed by atoms with Crippen molar-refractivity contribution in [3.63, 3.8) is 0 Å². The molecule has 218 valence electrons. The molecule has 1 rings (SSSR count). The van der Waals surface area contributed by atoms with Crippen LogP contribution in [0.25, 0.3) is 0 Å². The molecule has 8 N–H and O–H groups in total. The van der Waals surface area contributed by atoms with Gasteiger partial charge in [-0.1, -0.05) is 38.3 Å². The quantitative estimate of drug-likeness (QED) is 0.0954. The van der Waals surface area contributed by atoms with Crippen molar-refractivity contribution >= 4 is 11.8 Å². The number of phenols is 1. The van der Waals surface area contributed by atoms with E-state index < -0.39 is 6.04 Å². The van der Waals surface area contributed by atoms with Crippen LogP contribution < -0.4 is 32.3 Å². The first kappa shape index (κ1) is 33.8. The third-order valence-electron chi connectivity index (χ3n) is 6.34. The van der Waals surface area contributed by atoms with Crippen molar-refractivity contribution in [2.75, 3.05) is 52.4 Å². The van der Waals surface area contributed by atoms with Gasteiger partial charge in [0, 0.05) is 19.4 Å². The van der Waals surface area contributed by atoms with E-state index in [-0.39, 0.29) is 17.6 Å². The molecule has 0 bridgehead atoms. The molecule has 1 atom stereocenters. The molecule has 0 heterocycles. The van der Waals surface area contributed by atoms with Gasteiger partial charge < -0.3 is 37.4 Å². The summed E-state index contributed by atoms with van der Waals surface area (Å²) in [6.07, 6.45) is 10.2. The molecule has 0 aliphatic heterocycles. The summed E-state index contributed by atoms with van der Waals surface area (Å²) < 4.78 is 0. The molecule has 9 nitrogen and oxygen atoms in total. The van der Waals surface area contributed by atoms with Crippen LogP contribution in [0.5, 0.6) is 5.75 Å². The van der Waals surface area contributed by atoms with Crippen molar-refractivity contribution < 1.29 is 14.7 Å². The van der Waals surface area contributed by atoms with Crippen LogP contribution in [-0.4, -0.2) is 75.3 Å². The molecule has 38 heavy (non-hydrogen) atoms. The number of aromatic hydroxyl groups is 1. The Morgan fingerprint density at radius 1 is 0.763 bits per heavy atom. The SMILES string of the molecule is CCCCCCC(=O)N[C@@H](Cc1ccc(O)cc1)C(=O)NCCCNCCCNCCCNCCCCN. The molecular weight excluding hydrogens is 480 g/mol. The molecule has 0 radical (unpaired) electrons. The fourth-order valence-corrected chi connectivity index (χ4v) is 4.05. The summed E-state index contributed by atoms with van der Waals surface area (Å²) in [5, 5.41) is 25.7. The second kappa shape index (κ2) is 23.9. The van der Waals surface area contributed by atoms with E-state index in [1.807, 2.05) is 0 Å². The third kappa shape index (κ3) is 19.0. The van der Waals surface area contributed by atoms with Gasteiger partial charge in [-0.3, -0.25) is 9.59 Å². The number of nitrogens with one attached hydrogen (secondary N) is 5. The second-order valence-corrected chi connectivity index (χ2v) is 9.90. The summed E-state index contributed by atoms with van der Waals surface area (Å²) in [7, 11) is 0. The summed E-state index contributed by atoms with van der Waals surface area (Å²) in [6.45, 7) is 9.35. The lowest BCUT2D eigenvalue weighted by molar-refractivity contribution is -0.129. The third-order valence-corrected chi connectivity index (χ3v) is 6.34. The number of carbonyl (C=O) groups is 2. The minimum atomic E-state index is -0.626. The van der Waals surface area contributed by atoms with Crippen LogP contribution in [-0.2, 0) is 16.0 Å². The molecule has 2 amide bonds. The number of hydrogen-bond donors (Lipinski definition) is 7. The average Bonchev–Trinajstić information content (AvgIpc) is 2.91. The first-order chi connectivity index (χ1) is 18.6. The lowest BCUT2D eigenvalue weighted by atomic mass is 10.0. The molecule has 1 aromatic carbocycles. The molecule has 0 aliphatic rings. The van der Waals surface area contributed by atoms with Crippen LogP contribution in [0.2, 0.25) is 0 Å². The topological polar surface area (TPSA) is 141 Å². The van der Waals surface area contributed by atoms with Crippen LogP contribution in [0.3, 0.4) is 0 Å². The Hall–Kier alpha value is -2.20. The van der Waals surface area contributed by atoms with Gasteiger partial charge in [-0.05, 0) is 102 Å². The minimum absolute atomic E-state index is 0.0888. The van der Waals surface area contributed by atoms with E-state index in [2.05, 4.69) is 33.5 Å². The van der Waals surface area contributed by atoms with E-state index in [9.17, 15) is 14.7 Å². The molecule has 0 unspecified atom stereocenters. The van der Waals surface area contributed by atoms with Gasteiger partial charge in [0.05, 0.1) is 0 Å². The van der Waals surface area contributed by atoms with Gasteiger partial charge in [0.2, 0.25) is 11.8 Å². The molecule has 0 aromatic heterocycles. The molecule has 9 heteroatoms. The highest BCUT2D eigenvalue weighted by Crippen LogP contribution is 2.12. The summed E-state index contributed by atoms with van der Waals surface area (Å²) in [6, 6.07) is 6.13. The van der Waals surface area contributed by atoms with Crippen LogP contribution in [0.1, 0.15) is 76.7 Å². The Kier molecular flexibility index (Phi) is 21.3. The summed E-state index contributed by atoms with van der Waals surface area (Å²) in [5.74, 6) is -0.0767. The number of carbonyl (C=O) groups excluding carboxylic acids is 2. The Bertz CT molecular complexity index is 717. The number of amides is 2. The van der Waals surface area contributed by atoms with Crippen molar-refractivity contribution in [1.82, 2.24) is 26.6 Å². The number of benzene rings is 1. The predicted octanol–water partition coefficient (Wildman–Crippen LogP) is 2.18. The highest BCUT2D eigenvalue weighted by atomic mass is 16.3. The predicted molar refractivity (Wildman–Crippen MR) is 156 cm³/mol. The van der Waals surface area contributed by atoms with Gasteiger partial charge in [-0.25, -0.2) is 0 Å². The second-order valence-electron chi connectivity index (χ2n) is 9.90. The Morgan fingerprint density at radius 2 is 1.34 bits per heavy atom. The van der Waals surface area contributed by atoms with E-state index in [1.165, 1.54) is 0 Å². The van der Waals surface area contributed by atoms with E-state index >= 15 is 0 Å². The monoisotopic (exact) mass is 534 g/mol. The Labute approximate surface area is 230 Å². The van der Waals surface area contributed by atoms with Gasteiger partial charge in [-0.2, -0.15) is 0 Å². The lowest BCUT2D eigenvalue weighted by Gasteiger charge is -2.19. The molecule has 1 aromatic rings. The van der Waals surface area contributed by atoms with Gasteiger partial charge in [0.25, 0.3) is 0 Å². The zero-order valence-corrected chi connectivity index (χ0v) is 23.7. The average molecular weight is 535 g/mol. The number of hydrogen-bond acceptors (Lipinski definition) is 7. The van der Waals surface area contributed by atoms with Crippen molar-refractivity contribution in [3.05, 3.63) is 29.8 Å². The highest BCUT2D eigenvalue weighted by molar-refractivity contribution is 5.87. The van der Waals surface area contributed by atoms with Gasteiger partial charge in [0.15, 0.2) is 0 Å². The maximum atomic E-state index is 12.9. The van der Waals surface area contributed by atoms with Crippen LogP contribution in [0.15, 0.2) is 24.3 Å². The van der Waals surface area contributed by atoms with Crippen LogP contribution >= 0.6 is 0 Å². The van der Waals surface area contributed by atoms with E-state index in [1.54, 1.807) is 24.3 Å². The van der Waals surface area contributed by atoms with Crippen LogP contribution in [0.4, 0.5) is 0 Å². The molecule has 0 fully saturated rings. The number of unbranched alkanes of at least 4 members (excludes halogenated alkanes) is 4. The molecule has 0 spiro atoms. The molecule has 0 aliphatic carbocycles. The van der Waals surface area contributed by atoms with Crippen molar-refractivity contribution in [2.24, 2.45) is 5.73 Å². The first-order valence-electron chi connectivity index (χ1n) is 14.7. The number of rotatable bonds is 25. The zero-order valence-electron chi connectivity index (χ0n) is 23.7. The normalized spacial score (nSPS) is 11.8. The standard InChI is InChI=1S/C29H54N6O3/c1-2-3-4-5-11-28(37)35-27(24-25-12-14-26(36)15-13-25)29(38)34-23-10-22-33-21-9-20-32-19-8-18-31-17-7-6-16-30/h12-15,27,31-33,36H,2-11,16-24,30H2,1H3,(H,34,38)(H,35,37)/t27-/m0/s1. The van der Waals surface area contributed by atoms with Gasteiger partial charge >= 0.3 is 0 Å². The van der Waals surface area contributed by atoms with E-state index in [0.717, 1.165) is 109 Å². The molecular formula is C29H54N6O3. The fourth-order valence-electron chi connectivity index (χ4n) is 4.05. The maximum Gasteiger partial charge on any atom is 0.242 e. The fraction of sp³-hybridized carbons (Fsp3) is 0.724. The first-order valence-corrected chi connectivity index (χ1v) is 14.7. The van der Waals surface area contributed by atoms with Crippen molar-refractivity contribution in [2.45, 2.75) is 83.6 Å². The van der Waals surface area contributed by atoms with Crippen molar-refractivity contribution in [1.29, 1.82) is 0 Å². The highest BCUT2D eigenvalue weighted by Gasteiger charge is 2.20. The largest absolute Gasteiger partial charge is 0.508 e. The van der Waals surface area contributed by atoms with E-state index in [4.69, 9.17) is 5.73 Å². The summed E-state index contributed by atoms with van der Waals surface area (Å²) in [5.41, 5.74) is 6.38. The minimum Gasteiger partial charge on any atom is -0.508 e. The maximum absolute atomic E-state index is 12.9. The lowest BCUT2D eigenvalue weighted by Crippen LogP contribution is -2.48.